The Morgan fingerprint density at radius 3 is 3.21 bits per heavy atom. The van der Waals surface area contributed by atoms with E-state index in [1.807, 2.05) is 17.2 Å². The third-order valence-electron chi connectivity index (χ3n) is 3.87. The molecule has 1 amide bonds. The first-order chi connectivity index (χ1) is 9.16. The fourth-order valence-electron chi connectivity index (χ4n) is 2.92. The van der Waals surface area contributed by atoms with Crippen LogP contribution < -0.4 is 5.73 Å². The molecule has 0 bridgehead atoms. The van der Waals surface area contributed by atoms with Crippen LogP contribution in [0.1, 0.15) is 47.7 Å². The van der Waals surface area contributed by atoms with E-state index in [0.29, 0.717) is 18.8 Å². The summed E-state index contributed by atoms with van der Waals surface area (Å²) in [5.41, 5.74) is 6.33. The molecule has 2 aliphatic rings. The first-order valence-electron chi connectivity index (χ1n) is 6.80. The summed E-state index contributed by atoms with van der Waals surface area (Å²) in [7, 11) is 0. The normalized spacial score (nSPS) is 28.2. The number of aromatic nitrogens is 1. The van der Waals surface area contributed by atoms with Crippen LogP contribution in [0.3, 0.4) is 0 Å². The number of morpholine rings is 1. The molecule has 0 spiro atoms. The molecule has 1 aliphatic carbocycles. The van der Waals surface area contributed by atoms with Gasteiger partial charge in [-0.1, -0.05) is 0 Å². The highest BCUT2D eigenvalue weighted by Gasteiger charge is 2.39. The minimum Gasteiger partial charge on any atom is -0.374 e. The summed E-state index contributed by atoms with van der Waals surface area (Å²) in [5.74, 6) is 0.0309. The SMILES string of the molecule is CC(N)c1nc(C(=O)N2CCOC3CCCC32)cs1. The fraction of sp³-hybridized carbons (Fsp3) is 0.692. The number of carbonyl (C=O) groups excluding carboxylic acids is 1. The number of hydrogen-bond donors (Lipinski definition) is 1. The first-order valence-corrected chi connectivity index (χ1v) is 7.68. The molecule has 1 aromatic heterocycles. The average Bonchev–Trinajstić information content (AvgIpc) is 3.06. The zero-order chi connectivity index (χ0) is 13.4. The lowest BCUT2D eigenvalue weighted by atomic mass is 10.1. The number of fused-ring (bicyclic) bond motifs is 1. The maximum absolute atomic E-state index is 12.6. The Kier molecular flexibility index (Phi) is 3.56. The molecule has 1 aromatic rings. The molecule has 104 valence electrons. The number of thiazole rings is 1. The van der Waals surface area contributed by atoms with Gasteiger partial charge in [-0.2, -0.15) is 0 Å². The molecule has 0 radical (unpaired) electrons. The van der Waals surface area contributed by atoms with Crippen molar-refractivity contribution in [3.63, 3.8) is 0 Å². The Bertz CT molecular complexity index is 474. The van der Waals surface area contributed by atoms with E-state index in [0.717, 1.165) is 24.3 Å². The Hall–Kier alpha value is -0.980. The molecular weight excluding hydrogens is 262 g/mol. The van der Waals surface area contributed by atoms with Gasteiger partial charge in [0.2, 0.25) is 0 Å². The van der Waals surface area contributed by atoms with Crippen molar-refractivity contribution in [3.05, 3.63) is 16.1 Å². The molecule has 3 unspecified atom stereocenters. The van der Waals surface area contributed by atoms with E-state index in [1.165, 1.54) is 11.3 Å². The van der Waals surface area contributed by atoms with Crippen molar-refractivity contribution in [3.8, 4) is 0 Å². The monoisotopic (exact) mass is 281 g/mol. The van der Waals surface area contributed by atoms with Crippen LogP contribution in [0.15, 0.2) is 5.38 Å². The molecule has 6 heteroatoms. The fourth-order valence-corrected chi connectivity index (χ4v) is 3.67. The molecule has 1 saturated carbocycles. The van der Waals surface area contributed by atoms with Crippen LogP contribution in [0.25, 0.3) is 0 Å². The summed E-state index contributed by atoms with van der Waals surface area (Å²) >= 11 is 1.46. The van der Waals surface area contributed by atoms with Crippen LogP contribution in [-0.4, -0.2) is 41.1 Å². The van der Waals surface area contributed by atoms with Crippen molar-refractivity contribution in [2.24, 2.45) is 5.73 Å². The van der Waals surface area contributed by atoms with Gasteiger partial charge < -0.3 is 15.4 Å². The van der Waals surface area contributed by atoms with Crippen LogP contribution in [0, 0.1) is 0 Å². The van der Waals surface area contributed by atoms with E-state index < -0.39 is 0 Å². The van der Waals surface area contributed by atoms with Gasteiger partial charge in [0, 0.05) is 11.9 Å². The van der Waals surface area contributed by atoms with Crippen molar-refractivity contribution in [2.75, 3.05) is 13.2 Å². The van der Waals surface area contributed by atoms with E-state index in [1.54, 1.807) is 0 Å². The van der Waals surface area contributed by atoms with Crippen LogP contribution in [0.5, 0.6) is 0 Å². The van der Waals surface area contributed by atoms with Gasteiger partial charge in [-0.15, -0.1) is 11.3 Å². The van der Waals surface area contributed by atoms with Crippen LogP contribution in [-0.2, 0) is 4.74 Å². The zero-order valence-electron chi connectivity index (χ0n) is 11.0. The summed E-state index contributed by atoms with van der Waals surface area (Å²) in [6, 6.07) is 0.122. The predicted octanol–water partition coefficient (Wildman–Crippen LogP) is 1.56. The Balaban J connectivity index is 1.78. The molecule has 2 N–H and O–H groups in total. The summed E-state index contributed by atoms with van der Waals surface area (Å²) < 4.78 is 5.73. The maximum Gasteiger partial charge on any atom is 0.273 e. The van der Waals surface area contributed by atoms with Gasteiger partial charge in [0.15, 0.2) is 0 Å². The number of carbonyl (C=O) groups is 1. The summed E-state index contributed by atoms with van der Waals surface area (Å²) in [5, 5.41) is 2.64. The Labute approximate surface area is 116 Å². The van der Waals surface area contributed by atoms with E-state index in [4.69, 9.17) is 10.5 Å². The summed E-state index contributed by atoms with van der Waals surface area (Å²) in [4.78, 5) is 18.9. The number of nitrogens with two attached hydrogens (primary N) is 1. The summed E-state index contributed by atoms with van der Waals surface area (Å²) in [6.07, 6.45) is 3.47. The predicted molar refractivity (Wildman–Crippen MR) is 73.1 cm³/mol. The lowest BCUT2D eigenvalue weighted by Gasteiger charge is -2.37. The van der Waals surface area contributed by atoms with Gasteiger partial charge in [0.1, 0.15) is 10.7 Å². The molecule has 19 heavy (non-hydrogen) atoms. The van der Waals surface area contributed by atoms with Gasteiger partial charge in [-0.25, -0.2) is 4.98 Å². The van der Waals surface area contributed by atoms with Crippen molar-refractivity contribution in [1.82, 2.24) is 9.88 Å². The standard InChI is InChI=1S/C13H19N3O2S/c1-8(14)12-15-9(7-19-12)13(17)16-5-6-18-11-4-2-3-10(11)16/h7-8,10-11H,2-6,14H2,1H3. The molecule has 2 fully saturated rings. The highest BCUT2D eigenvalue weighted by atomic mass is 32.1. The maximum atomic E-state index is 12.6. The van der Waals surface area contributed by atoms with Crippen molar-refractivity contribution >= 4 is 17.2 Å². The smallest absolute Gasteiger partial charge is 0.273 e. The van der Waals surface area contributed by atoms with Gasteiger partial charge in [0.25, 0.3) is 5.91 Å². The van der Waals surface area contributed by atoms with E-state index in [-0.39, 0.29) is 24.1 Å². The van der Waals surface area contributed by atoms with E-state index >= 15 is 0 Å². The van der Waals surface area contributed by atoms with E-state index in [2.05, 4.69) is 4.98 Å². The third kappa shape index (κ3) is 2.40. The second-order valence-electron chi connectivity index (χ2n) is 5.27. The van der Waals surface area contributed by atoms with Gasteiger partial charge >= 0.3 is 0 Å². The number of rotatable bonds is 2. The van der Waals surface area contributed by atoms with Crippen molar-refractivity contribution < 1.29 is 9.53 Å². The zero-order valence-corrected chi connectivity index (χ0v) is 11.9. The van der Waals surface area contributed by atoms with Crippen LogP contribution in [0.2, 0.25) is 0 Å². The topological polar surface area (TPSA) is 68.5 Å². The number of nitrogens with zero attached hydrogens (tertiary/aromatic N) is 2. The lowest BCUT2D eigenvalue weighted by molar-refractivity contribution is -0.0447. The lowest BCUT2D eigenvalue weighted by Crippen LogP contribution is -2.51. The van der Waals surface area contributed by atoms with Crippen molar-refractivity contribution in [1.29, 1.82) is 0 Å². The molecule has 3 atom stereocenters. The van der Waals surface area contributed by atoms with E-state index in [9.17, 15) is 4.79 Å². The van der Waals surface area contributed by atoms with Crippen LogP contribution in [0.4, 0.5) is 0 Å². The molecular formula is C13H19N3O2S. The van der Waals surface area contributed by atoms with Gasteiger partial charge in [-0.3, -0.25) is 4.79 Å². The highest BCUT2D eigenvalue weighted by molar-refractivity contribution is 7.09. The van der Waals surface area contributed by atoms with Gasteiger partial charge in [-0.05, 0) is 26.2 Å². The summed E-state index contributed by atoms with van der Waals surface area (Å²) in [6.45, 7) is 3.19. The van der Waals surface area contributed by atoms with Crippen LogP contribution >= 0.6 is 11.3 Å². The molecule has 0 aromatic carbocycles. The molecule has 2 heterocycles. The molecule has 5 nitrogen and oxygen atoms in total. The Morgan fingerprint density at radius 1 is 1.63 bits per heavy atom. The minimum atomic E-state index is -0.115. The highest BCUT2D eigenvalue weighted by Crippen LogP contribution is 2.31. The second kappa shape index (κ2) is 5.19. The van der Waals surface area contributed by atoms with Crippen molar-refractivity contribution in [2.45, 2.75) is 44.4 Å². The van der Waals surface area contributed by atoms with Gasteiger partial charge in [0.05, 0.1) is 24.8 Å². The minimum absolute atomic E-state index is 0.0309. The quantitative estimate of drug-likeness (QED) is 0.893. The molecule has 1 aliphatic heterocycles. The number of hydrogen-bond acceptors (Lipinski definition) is 5. The first kappa shape index (κ1) is 13.0. The second-order valence-corrected chi connectivity index (χ2v) is 6.16. The largest absolute Gasteiger partial charge is 0.374 e. The Morgan fingerprint density at radius 2 is 2.47 bits per heavy atom. The number of amides is 1. The molecule has 3 rings (SSSR count). The number of ether oxygens (including phenoxy) is 1. The molecule has 1 saturated heterocycles. The average molecular weight is 281 g/mol. The third-order valence-corrected chi connectivity index (χ3v) is 4.92.